The molecule has 3 aromatic rings. The highest BCUT2D eigenvalue weighted by Gasteiger charge is 2.32. The van der Waals surface area contributed by atoms with Crippen molar-refractivity contribution in [1.29, 1.82) is 0 Å². The van der Waals surface area contributed by atoms with Crippen molar-refractivity contribution in [2.75, 3.05) is 6.54 Å². The average molecular weight is 351 g/mol. The Balaban J connectivity index is 1.76. The number of aliphatic hydroxyl groups is 1. The topological polar surface area (TPSA) is 98.2 Å². The quantitative estimate of drug-likeness (QED) is 0.664. The number of H-pyrrole nitrogens is 1. The van der Waals surface area contributed by atoms with Crippen molar-refractivity contribution in [2.24, 2.45) is 0 Å². The van der Waals surface area contributed by atoms with E-state index < -0.39 is 0 Å². The fourth-order valence-electron chi connectivity index (χ4n) is 3.60. The third kappa shape index (κ3) is 2.85. The van der Waals surface area contributed by atoms with Crippen molar-refractivity contribution in [3.8, 4) is 5.75 Å². The Morgan fingerprint density at radius 3 is 2.96 bits per heavy atom. The van der Waals surface area contributed by atoms with E-state index in [1.165, 1.54) is 0 Å². The van der Waals surface area contributed by atoms with Crippen LogP contribution in [0.4, 0.5) is 0 Å². The van der Waals surface area contributed by atoms with Gasteiger partial charge in [0.05, 0.1) is 30.4 Å². The van der Waals surface area contributed by atoms with Crippen LogP contribution in [0.3, 0.4) is 0 Å². The predicted octanol–water partition coefficient (Wildman–Crippen LogP) is 1.85. The number of aliphatic hydroxyl groups excluding tert-OH is 1. The molecule has 0 fully saturated rings. The molecule has 0 saturated carbocycles. The molecule has 0 unspecified atom stereocenters. The summed E-state index contributed by atoms with van der Waals surface area (Å²) in [4.78, 5) is 18.4. The normalized spacial score (nSPS) is 17.2. The van der Waals surface area contributed by atoms with Crippen LogP contribution in [0.1, 0.15) is 39.8 Å². The summed E-state index contributed by atoms with van der Waals surface area (Å²) in [7, 11) is 0. The molecule has 0 bridgehead atoms. The summed E-state index contributed by atoms with van der Waals surface area (Å²) < 4.78 is 0. The van der Waals surface area contributed by atoms with E-state index in [4.69, 9.17) is 0 Å². The zero-order valence-electron chi connectivity index (χ0n) is 14.6. The van der Waals surface area contributed by atoms with Crippen LogP contribution in [0.2, 0.25) is 0 Å². The zero-order chi connectivity index (χ0) is 18.1. The summed E-state index contributed by atoms with van der Waals surface area (Å²) in [5.41, 5.74) is 5.09. The number of hydrogen-bond donors (Lipinski definition) is 3. The summed E-state index contributed by atoms with van der Waals surface area (Å²) in [6.07, 6.45) is 7.82. The molecule has 1 atom stereocenters. The zero-order valence-corrected chi connectivity index (χ0v) is 14.6. The average Bonchev–Trinajstić information content (AvgIpc) is 3.15. The van der Waals surface area contributed by atoms with Crippen molar-refractivity contribution in [1.82, 2.24) is 24.8 Å². The molecule has 7 heteroatoms. The van der Waals surface area contributed by atoms with Crippen molar-refractivity contribution in [3.63, 3.8) is 0 Å². The van der Waals surface area contributed by atoms with Gasteiger partial charge in [0.2, 0.25) is 0 Å². The Kier molecular flexibility index (Phi) is 4.40. The second-order valence-corrected chi connectivity index (χ2v) is 6.53. The molecule has 134 valence electrons. The van der Waals surface area contributed by atoms with E-state index >= 15 is 0 Å². The first-order chi connectivity index (χ1) is 12.7. The Morgan fingerprint density at radius 2 is 2.19 bits per heavy atom. The van der Waals surface area contributed by atoms with Gasteiger partial charge in [-0.05, 0) is 18.6 Å². The van der Waals surface area contributed by atoms with E-state index in [1.807, 2.05) is 18.3 Å². The minimum Gasteiger partial charge on any atom is -0.506 e. The van der Waals surface area contributed by atoms with Gasteiger partial charge in [-0.2, -0.15) is 0 Å². The van der Waals surface area contributed by atoms with Gasteiger partial charge in [-0.3, -0.25) is 14.9 Å². The number of nitrogens with zero attached hydrogens (tertiary/aromatic N) is 4. The van der Waals surface area contributed by atoms with E-state index in [1.54, 1.807) is 25.6 Å². The Hall–Kier alpha value is -2.77. The van der Waals surface area contributed by atoms with Crippen LogP contribution in [0.15, 0.2) is 37.1 Å². The third-order valence-electron chi connectivity index (χ3n) is 4.99. The monoisotopic (exact) mass is 351 g/mol. The number of rotatable bonds is 4. The molecule has 0 radical (unpaired) electrons. The van der Waals surface area contributed by atoms with Gasteiger partial charge in [-0.1, -0.05) is 6.07 Å². The number of imidazole rings is 1. The Labute approximate surface area is 151 Å². The van der Waals surface area contributed by atoms with Gasteiger partial charge >= 0.3 is 0 Å². The second kappa shape index (κ2) is 6.86. The lowest BCUT2D eigenvalue weighted by molar-refractivity contribution is 0.194. The summed E-state index contributed by atoms with van der Waals surface area (Å²) >= 11 is 0. The third-order valence-corrected chi connectivity index (χ3v) is 4.99. The van der Waals surface area contributed by atoms with E-state index in [0.29, 0.717) is 23.4 Å². The van der Waals surface area contributed by atoms with Crippen LogP contribution < -0.4 is 0 Å². The van der Waals surface area contributed by atoms with Gasteiger partial charge in [0.25, 0.3) is 0 Å². The number of aromatic hydroxyl groups is 1. The van der Waals surface area contributed by atoms with E-state index in [9.17, 15) is 10.2 Å². The Bertz CT molecular complexity index is 910. The van der Waals surface area contributed by atoms with Gasteiger partial charge in [-0.25, -0.2) is 4.98 Å². The number of aromatic amines is 1. The molecule has 4 rings (SSSR count). The Morgan fingerprint density at radius 1 is 1.31 bits per heavy atom. The smallest absolute Gasteiger partial charge is 0.141 e. The lowest BCUT2D eigenvalue weighted by Gasteiger charge is -2.35. The highest BCUT2D eigenvalue weighted by molar-refractivity contribution is 5.41. The molecule has 0 aliphatic carbocycles. The highest BCUT2D eigenvalue weighted by atomic mass is 16.3. The molecule has 7 nitrogen and oxygen atoms in total. The molecule has 0 saturated heterocycles. The van der Waals surface area contributed by atoms with Crippen LogP contribution >= 0.6 is 0 Å². The minimum absolute atomic E-state index is 0.0573. The minimum atomic E-state index is -0.158. The first-order valence-corrected chi connectivity index (χ1v) is 8.62. The molecule has 1 aliphatic heterocycles. The van der Waals surface area contributed by atoms with Crippen LogP contribution in [-0.2, 0) is 19.6 Å². The molecular weight excluding hydrogens is 330 g/mol. The number of pyridine rings is 2. The number of aryl methyl sites for hydroxylation is 1. The number of hydrogen-bond acceptors (Lipinski definition) is 6. The van der Waals surface area contributed by atoms with Gasteiger partial charge in [0.15, 0.2) is 0 Å². The predicted molar refractivity (Wildman–Crippen MR) is 95.3 cm³/mol. The number of fused-ring (bicyclic) bond motifs is 1. The molecule has 4 heterocycles. The lowest BCUT2D eigenvalue weighted by atomic mass is 9.95. The summed E-state index contributed by atoms with van der Waals surface area (Å²) in [5, 5.41) is 20.2. The lowest BCUT2D eigenvalue weighted by Crippen LogP contribution is -2.36. The first-order valence-electron chi connectivity index (χ1n) is 8.62. The largest absolute Gasteiger partial charge is 0.506 e. The van der Waals surface area contributed by atoms with Crippen LogP contribution in [0.5, 0.6) is 5.75 Å². The second-order valence-electron chi connectivity index (χ2n) is 6.53. The SMILES string of the molecule is Cc1ncc(CO)c(CN2CCc3[nH]cnc3[C@@H]2c2cccnc2)c1O. The first kappa shape index (κ1) is 16.7. The van der Waals surface area contributed by atoms with Crippen molar-refractivity contribution in [2.45, 2.75) is 32.5 Å². The van der Waals surface area contributed by atoms with Crippen molar-refractivity contribution >= 4 is 0 Å². The summed E-state index contributed by atoms with van der Waals surface area (Å²) in [5.74, 6) is 0.148. The fourth-order valence-corrected chi connectivity index (χ4v) is 3.60. The standard InChI is InChI=1S/C19H21N5O2/c1-12-19(26)15(14(10-25)8-21-12)9-24-6-4-16-17(23-11-22-16)18(24)13-3-2-5-20-7-13/h2-3,5,7-8,11,18,25-26H,4,6,9-10H2,1H3,(H,22,23)/t18-/m0/s1. The highest BCUT2D eigenvalue weighted by Crippen LogP contribution is 2.36. The van der Waals surface area contributed by atoms with Crippen molar-refractivity contribution in [3.05, 3.63) is 70.8 Å². The summed E-state index contributed by atoms with van der Waals surface area (Å²) in [6, 6.07) is 3.90. The maximum absolute atomic E-state index is 10.5. The fraction of sp³-hybridized carbons (Fsp3) is 0.316. The molecule has 0 spiro atoms. The number of nitrogens with one attached hydrogen (secondary N) is 1. The molecular formula is C19H21N5O2. The van der Waals surface area contributed by atoms with E-state index in [-0.39, 0.29) is 18.4 Å². The van der Waals surface area contributed by atoms with Crippen LogP contribution in [-0.4, -0.2) is 41.6 Å². The molecule has 1 aliphatic rings. The molecule has 0 amide bonds. The molecule has 26 heavy (non-hydrogen) atoms. The van der Waals surface area contributed by atoms with Crippen LogP contribution in [0, 0.1) is 6.92 Å². The van der Waals surface area contributed by atoms with E-state index in [0.717, 1.165) is 29.9 Å². The van der Waals surface area contributed by atoms with Gasteiger partial charge in [0, 0.05) is 54.9 Å². The number of aromatic nitrogens is 4. The van der Waals surface area contributed by atoms with Crippen molar-refractivity contribution < 1.29 is 10.2 Å². The summed E-state index contributed by atoms with van der Waals surface area (Å²) in [6.45, 7) is 2.91. The molecule has 3 N–H and O–H groups in total. The molecule has 3 aromatic heterocycles. The van der Waals surface area contributed by atoms with Crippen LogP contribution in [0.25, 0.3) is 0 Å². The maximum Gasteiger partial charge on any atom is 0.141 e. The molecule has 0 aromatic carbocycles. The maximum atomic E-state index is 10.5. The van der Waals surface area contributed by atoms with Gasteiger partial charge in [0.1, 0.15) is 5.75 Å². The van der Waals surface area contributed by atoms with E-state index in [2.05, 4.69) is 24.8 Å². The van der Waals surface area contributed by atoms with Gasteiger partial charge < -0.3 is 15.2 Å². The van der Waals surface area contributed by atoms with Gasteiger partial charge in [-0.15, -0.1) is 0 Å².